The summed E-state index contributed by atoms with van der Waals surface area (Å²) in [5.74, 6) is 0.345. The Morgan fingerprint density at radius 3 is 2.67 bits per heavy atom. The molecular weight excluding hydrogens is 302 g/mol. The summed E-state index contributed by atoms with van der Waals surface area (Å²) in [4.78, 5) is 23.8. The second kappa shape index (κ2) is 6.70. The zero-order valence-corrected chi connectivity index (χ0v) is 14.1. The van der Waals surface area contributed by atoms with E-state index in [1.54, 1.807) is 0 Å². The molecule has 1 amide bonds. The summed E-state index contributed by atoms with van der Waals surface area (Å²) in [7, 11) is 0. The summed E-state index contributed by atoms with van der Waals surface area (Å²) >= 11 is 0. The van der Waals surface area contributed by atoms with Gasteiger partial charge in [0.05, 0.1) is 5.56 Å². The highest BCUT2D eigenvalue weighted by Gasteiger charge is 2.08. The number of aryl methyl sites for hydroxylation is 2. The van der Waals surface area contributed by atoms with Crippen LogP contribution in [0.5, 0.6) is 0 Å². The van der Waals surface area contributed by atoms with Gasteiger partial charge >= 0.3 is 0 Å². The fraction of sp³-hybridized carbons (Fsp3) is 0.278. The summed E-state index contributed by atoms with van der Waals surface area (Å²) in [6, 6.07) is 6.17. The molecule has 0 bridgehead atoms. The second-order valence-electron chi connectivity index (χ2n) is 5.76. The van der Waals surface area contributed by atoms with Gasteiger partial charge in [-0.15, -0.1) is 0 Å². The highest BCUT2D eigenvalue weighted by Crippen LogP contribution is 2.22. The van der Waals surface area contributed by atoms with Crippen molar-refractivity contribution in [2.75, 3.05) is 11.9 Å². The van der Waals surface area contributed by atoms with Crippen LogP contribution >= 0.6 is 0 Å². The first-order chi connectivity index (χ1) is 11.6. The number of amides is 1. The van der Waals surface area contributed by atoms with Gasteiger partial charge in [0.25, 0.3) is 5.91 Å². The van der Waals surface area contributed by atoms with E-state index in [4.69, 9.17) is 0 Å². The number of nitrogens with zero attached hydrogens (tertiary/aromatic N) is 2. The van der Waals surface area contributed by atoms with Gasteiger partial charge in [-0.3, -0.25) is 4.79 Å². The van der Waals surface area contributed by atoms with E-state index >= 15 is 0 Å². The molecule has 6 nitrogen and oxygen atoms in total. The number of H-pyrrole nitrogens is 1. The lowest BCUT2D eigenvalue weighted by molar-refractivity contribution is 0.0950. The number of hydrogen-bond donors (Lipinski definition) is 3. The minimum Gasteiger partial charge on any atom is -0.358 e. The van der Waals surface area contributed by atoms with Crippen LogP contribution in [0.15, 0.2) is 30.6 Å². The van der Waals surface area contributed by atoms with E-state index in [1.165, 1.54) is 29.0 Å². The highest BCUT2D eigenvalue weighted by molar-refractivity contribution is 5.93. The standard InChI is InChI=1S/C18H21N5O/c1-4-19-18-21-9-14(10-22-18)17(24)20-8-13-5-6-16-15(7-13)11(2)12(3)23-16/h5-7,9-10,23H,4,8H2,1-3H3,(H,20,24)(H,19,21,22). The number of aromatic nitrogens is 3. The molecule has 0 unspecified atom stereocenters. The molecule has 3 rings (SSSR count). The van der Waals surface area contributed by atoms with Crippen LogP contribution in [-0.4, -0.2) is 27.4 Å². The van der Waals surface area contributed by atoms with Crippen molar-refractivity contribution in [3.05, 3.63) is 53.0 Å². The molecule has 0 atom stereocenters. The van der Waals surface area contributed by atoms with Crippen molar-refractivity contribution in [3.8, 4) is 0 Å². The highest BCUT2D eigenvalue weighted by atomic mass is 16.1. The molecule has 0 fully saturated rings. The zero-order chi connectivity index (χ0) is 17.1. The molecule has 0 saturated carbocycles. The van der Waals surface area contributed by atoms with E-state index in [0.29, 0.717) is 18.1 Å². The Labute approximate surface area is 140 Å². The Morgan fingerprint density at radius 2 is 1.96 bits per heavy atom. The number of nitrogens with one attached hydrogen (secondary N) is 3. The monoisotopic (exact) mass is 323 g/mol. The van der Waals surface area contributed by atoms with Gasteiger partial charge in [-0.1, -0.05) is 6.07 Å². The van der Waals surface area contributed by atoms with E-state index in [2.05, 4.69) is 45.5 Å². The molecule has 2 heterocycles. The van der Waals surface area contributed by atoms with Crippen molar-refractivity contribution in [1.29, 1.82) is 0 Å². The van der Waals surface area contributed by atoms with Crippen LogP contribution in [-0.2, 0) is 6.54 Å². The maximum atomic E-state index is 12.2. The molecule has 1 aromatic carbocycles. The molecule has 3 N–H and O–H groups in total. The molecule has 0 aliphatic rings. The lowest BCUT2D eigenvalue weighted by atomic mass is 10.1. The minimum atomic E-state index is -0.180. The predicted molar refractivity (Wildman–Crippen MR) is 95.1 cm³/mol. The van der Waals surface area contributed by atoms with E-state index < -0.39 is 0 Å². The zero-order valence-electron chi connectivity index (χ0n) is 14.1. The van der Waals surface area contributed by atoms with Crippen molar-refractivity contribution in [1.82, 2.24) is 20.3 Å². The van der Waals surface area contributed by atoms with Crippen LogP contribution < -0.4 is 10.6 Å². The summed E-state index contributed by atoms with van der Waals surface area (Å²) < 4.78 is 0. The van der Waals surface area contributed by atoms with Crippen LogP contribution in [0.3, 0.4) is 0 Å². The normalized spacial score (nSPS) is 10.8. The third-order valence-corrected chi connectivity index (χ3v) is 4.07. The van der Waals surface area contributed by atoms with E-state index in [0.717, 1.165) is 17.6 Å². The molecule has 124 valence electrons. The lowest BCUT2D eigenvalue weighted by Gasteiger charge is -2.06. The molecule has 6 heteroatoms. The largest absolute Gasteiger partial charge is 0.358 e. The Kier molecular flexibility index (Phi) is 4.46. The van der Waals surface area contributed by atoms with Crippen LogP contribution in [0, 0.1) is 13.8 Å². The molecule has 0 aliphatic heterocycles. The summed E-state index contributed by atoms with van der Waals surface area (Å²) in [6.45, 7) is 7.33. The number of fused-ring (bicyclic) bond motifs is 1. The average molecular weight is 323 g/mol. The smallest absolute Gasteiger partial charge is 0.254 e. The van der Waals surface area contributed by atoms with Gasteiger partial charge in [0.15, 0.2) is 0 Å². The second-order valence-corrected chi connectivity index (χ2v) is 5.76. The van der Waals surface area contributed by atoms with E-state index in [-0.39, 0.29) is 5.91 Å². The van der Waals surface area contributed by atoms with Gasteiger partial charge in [0.1, 0.15) is 0 Å². The fourth-order valence-electron chi connectivity index (χ4n) is 2.60. The minimum absolute atomic E-state index is 0.180. The molecular formula is C18H21N5O. The van der Waals surface area contributed by atoms with E-state index in [1.807, 2.05) is 19.1 Å². The summed E-state index contributed by atoms with van der Waals surface area (Å²) in [5.41, 5.74) is 5.04. The predicted octanol–water partition coefficient (Wildman–Crippen LogP) is 2.94. The van der Waals surface area contributed by atoms with Crippen LogP contribution in [0.1, 0.15) is 34.1 Å². The quantitative estimate of drug-likeness (QED) is 0.674. The van der Waals surface area contributed by atoms with Gasteiger partial charge < -0.3 is 15.6 Å². The molecule has 0 spiro atoms. The van der Waals surface area contributed by atoms with Crippen molar-refractivity contribution >= 4 is 22.8 Å². The van der Waals surface area contributed by atoms with Crippen molar-refractivity contribution in [3.63, 3.8) is 0 Å². The third kappa shape index (κ3) is 3.22. The number of anilines is 1. The lowest BCUT2D eigenvalue weighted by Crippen LogP contribution is -2.23. The molecule has 2 aromatic heterocycles. The number of carbonyl (C=O) groups is 1. The first-order valence-corrected chi connectivity index (χ1v) is 8.00. The Bertz CT molecular complexity index is 867. The summed E-state index contributed by atoms with van der Waals surface area (Å²) in [6.07, 6.45) is 3.06. The SMILES string of the molecule is CCNc1ncc(C(=O)NCc2ccc3[nH]c(C)c(C)c3c2)cn1. The molecule has 0 saturated heterocycles. The first-order valence-electron chi connectivity index (χ1n) is 8.00. The Hall–Kier alpha value is -2.89. The van der Waals surface area contributed by atoms with Crippen molar-refractivity contribution < 1.29 is 4.79 Å². The van der Waals surface area contributed by atoms with Crippen molar-refractivity contribution in [2.45, 2.75) is 27.3 Å². The maximum Gasteiger partial charge on any atom is 0.254 e. The van der Waals surface area contributed by atoms with Crippen LogP contribution in [0.2, 0.25) is 0 Å². The maximum absolute atomic E-state index is 12.2. The van der Waals surface area contributed by atoms with Gasteiger partial charge in [-0.05, 0) is 44.0 Å². The number of benzene rings is 1. The van der Waals surface area contributed by atoms with E-state index in [9.17, 15) is 4.79 Å². The third-order valence-electron chi connectivity index (χ3n) is 4.07. The number of aromatic amines is 1. The van der Waals surface area contributed by atoms with Gasteiger partial charge in [-0.2, -0.15) is 0 Å². The fourth-order valence-corrected chi connectivity index (χ4v) is 2.60. The first kappa shape index (κ1) is 16.0. The number of rotatable bonds is 5. The molecule has 24 heavy (non-hydrogen) atoms. The van der Waals surface area contributed by atoms with Gasteiger partial charge in [0.2, 0.25) is 5.95 Å². The number of hydrogen-bond acceptors (Lipinski definition) is 4. The average Bonchev–Trinajstić information content (AvgIpc) is 2.88. The Morgan fingerprint density at radius 1 is 1.21 bits per heavy atom. The van der Waals surface area contributed by atoms with Gasteiger partial charge in [-0.25, -0.2) is 9.97 Å². The topological polar surface area (TPSA) is 82.7 Å². The molecule has 3 aromatic rings. The Balaban J connectivity index is 1.68. The number of carbonyl (C=O) groups excluding carboxylic acids is 1. The van der Waals surface area contributed by atoms with Crippen molar-refractivity contribution in [2.24, 2.45) is 0 Å². The molecule has 0 aliphatic carbocycles. The molecule has 0 radical (unpaired) electrons. The van der Waals surface area contributed by atoms with Crippen LogP contribution in [0.25, 0.3) is 10.9 Å². The van der Waals surface area contributed by atoms with Crippen LogP contribution in [0.4, 0.5) is 5.95 Å². The van der Waals surface area contributed by atoms with Gasteiger partial charge in [0, 0.05) is 42.1 Å². The summed E-state index contributed by atoms with van der Waals surface area (Å²) in [5, 5.41) is 7.10.